The highest BCUT2D eigenvalue weighted by atomic mass is 16.4. The van der Waals surface area contributed by atoms with Gasteiger partial charge in [0.05, 0.1) is 6.42 Å². The van der Waals surface area contributed by atoms with Gasteiger partial charge in [0.15, 0.2) is 5.78 Å². The van der Waals surface area contributed by atoms with Crippen molar-refractivity contribution in [1.29, 1.82) is 0 Å². The van der Waals surface area contributed by atoms with Crippen molar-refractivity contribution in [3.8, 4) is 0 Å². The minimum atomic E-state index is -1.47. The number of carboxylic acid groups (broad SMARTS) is 1. The summed E-state index contributed by atoms with van der Waals surface area (Å²) in [7, 11) is 0. The van der Waals surface area contributed by atoms with E-state index >= 15 is 0 Å². The van der Waals surface area contributed by atoms with Gasteiger partial charge in [-0.05, 0) is 26.7 Å². The third-order valence-electron chi connectivity index (χ3n) is 3.01. The SMILES string of the molecule is CCC(CC)C(=O)CC(=O)C(C)(C)C(=O)O. The Morgan fingerprint density at radius 3 is 1.88 bits per heavy atom. The predicted octanol–water partition coefficient (Wildman–Crippen LogP) is 2.06. The zero-order valence-corrected chi connectivity index (χ0v) is 10.4. The molecule has 1 N–H and O–H groups in total. The van der Waals surface area contributed by atoms with E-state index in [0.717, 1.165) is 0 Å². The standard InChI is InChI=1S/C12H20O4/c1-5-8(6-2)9(13)7-10(14)12(3,4)11(15)16/h8H,5-7H2,1-4H3,(H,15,16). The van der Waals surface area contributed by atoms with Crippen LogP contribution in [0.4, 0.5) is 0 Å². The number of ketones is 2. The molecule has 92 valence electrons. The maximum Gasteiger partial charge on any atom is 0.316 e. The monoisotopic (exact) mass is 228 g/mol. The van der Waals surface area contributed by atoms with Crippen LogP contribution >= 0.6 is 0 Å². The highest BCUT2D eigenvalue weighted by molar-refractivity contribution is 6.10. The molecule has 0 heterocycles. The summed E-state index contributed by atoms with van der Waals surface area (Å²) in [5, 5.41) is 8.85. The smallest absolute Gasteiger partial charge is 0.316 e. The Kier molecular flexibility index (Phi) is 5.35. The maximum atomic E-state index is 11.7. The molecule has 0 spiro atoms. The van der Waals surface area contributed by atoms with Crippen molar-refractivity contribution in [3.05, 3.63) is 0 Å². The second-order valence-corrected chi connectivity index (χ2v) is 4.51. The first-order chi connectivity index (χ1) is 7.27. The molecule has 0 aromatic heterocycles. The van der Waals surface area contributed by atoms with E-state index < -0.39 is 17.2 Å². The molecule has 0 aliphatic carbocycles. The molecule has 0 saturated heterocycles. The van der Waals surface area contributed by atoms with E-state index in [2.05, 4.69) is 0 Å². The van der Waals surface area contributed by atoms with Crippen molar-refractivity contribution in [3.63, 3.8) is 0 Å². The molecule has 0 fully saturated rings. The molecule has 0 aliphatic heterocycles. The van der Waals surface area contributed by atoms with E-state index in [4.69, 9.17) is 5.11 Å². The van der Waals surface area contributed by atoms with Gasteiger partial charge in [-0.3, -0.25) is 14.4 Å². The Bertz CT molecular complexity index is 287. The highest BCUT2D eigenvalue weighted by Crippen LogP contribution is 2.21. The minimum Gasteiger partial charge on any atom is -0.481 e. The Morgan fingerprint density at radius 2 is 1.56 bits per heavy atom. The maximum absolute atomic E-state index is 11.7. The van der Waals surface area contributed by atoms with Crippen molar-refractivity contribution in [1.82, 2.24) is 0 Å². The summed E-state index contributed by atoms with van der Waals surface area (Å²) < 4.78 is 0. The van der Waals surface area contributed by atoms with E-state index in [0.29, 0.717) is 12.8 Å². The average molecular weight is 228 g/mol. The van der Waals surface area contributed by atoms with E-state index in [1.165, 1.54) is 13.8 Å². The predicted molar refractivity (Wildman–Crippen MR) is 60.1 cm³/mol. The van der Waals surface area contributed by atoms with Gasteiger partial charge in [0.25, 0.3) is 0 Å². The van der Waals surface area contributed by atoms with Gasteiger partial charge in [0.1, 0.15) is 11.2 Å². The summed E-state index contributed by atoms with van der Waals surface area (Å²) >= 11 is 0. The Balaban J connectivity index is 4.58. The number of hydrogen-bond acceptors (Lipinski definition) is 3. The van der Waals surface area contributed by atoms with Gasteiger partial charge in [-0.1, -0.05) is 13.8 Å². The van der Waals surface area contributed by atoms with Crippen molar-refractivity contribution in [2.24, 2.45) is 11.3 Å². The molecule has 0 unspecified atom stereocenters. The number of rotatable bonds is 7. The lowest BCUT2D eigenvalue weighted by atomic mass is 9.83. The fourth-order valence-corrected chi connectivity index (χ4v) is 1.39. The second-order valence-electron chi connectivity index (χ2n) is 4.51. The molecule has 0 aromatic rings. The fraction of sp³-hybridized carbons (Fsp3) is 0.750. The zero-order valence-electron chi connectivity index (χ0n) is 10.4. The van der Waals surface area contributed by atoms with Gasteiger partial charge in [-0.15, -0.1) is 0 Å². The molecule has 0 saturated carbocycles. The topological polar surface area (TPSA) is 71.4 Å². The Morgan fingerprint density at radius 1 is 1.12 bits per heavy atom. The molecule has 0 amide bonds. The lowest BCUT2D eigenvalue weighted by Crippen LogP contribution is -2.35. The van der Waals surface area contributed by atoms with Crippen LogP contribution in [0.25, 0.3) is 0 Å². The first-order valence-corrected chi connectivity index (χ1v) is 5.56. The third-order valence-corrected chi connectivity index (χ3v) is 3.01. The van der Waals surface area contributed by atoms with Gasteiger partial charge in [0, 0.05) is 5.92 Å². The average Bonchev–Trinajstić information content (AvgIpc) is 2.18. The fourth-order valence-electron chi connectivity index (χ4n) is 1.39. The van der Waals surface area contributed by atoms with Gasteiger partial charge >= 0.3 is 5.97 Å². The molecule has 0 bridgehead atoms. The molecule has 0 radical (unpaired) electrons. The van der Waals surface area contributed by atoms with Crippen LogP contribution in [0.3, 0.4) is 0 Å². The molecule has 0 rings (SSSR count). The molecular formula is C12H20O4. The summed E-state index contributed by atoms with van der Waals surface area (Å²) in [6.07, 6.45) is 1.11. The largest absolute Gasteiger partial charge is 0.481 e. The molecule has 0 aromatic carbocycles. The normalized spacial score (nSPS) is 11.6. The van der Waals surface area contributed by atoms with E-state index in [-0.39, 0.29) is 18.1 Å². The van der Waals surface area contributed by atoms with Crippen LogP contribution in [-0.4, -0.2) is 22.6 Å². The number of hydrogen-bond donors (Lipinski definition) is 1. The van der Waals surface area contributed by atoms with Crippen LogP contribution in [0, 0.1) is 11.3 Å². The van der Waals surface area contributed by atoms with E-state index in [9.17, 15) is 14.4 Å². The number of carboxylic acids is 1. The van der Waals surface area contributed by atoms with Crippen molar-refractivity contribution < 1.29 is 19.5 Å². The minimum absolute atomic E-state index is 0.131. The molecule has 0 atom stereocenters. The highest BCUT2D eigenvalue weighted by Gasteiger charge is 2.37. The van der Waals surface area contributed by atoms with Gasteiger partial charge in [-0.2, -0.15) is 0 Å². The number of carbonyl (C=O) groups is 3. The number of carbonyl (C=O) groups excluding carboxylic acids is 2. The lowest BCUT2D eigenvalue weighted by molar-refractivity contribution is -0.153. The first kappa shape index (κ1) is 14.8. The quantitative estimate of drug-likeness (QED) is 0.677. The third kappa shape index (κ3) is 3.43. The molecule has 4 heteroatoms. The summed E-state index contributed by atoms with van der Waals surface area (Å²) in [5.41, 5.74) is -1.47. The molecule has 16 heavy (non-hydrogen) atoms. The van der Waals surface area contributed by atoms with Crippen LogP contribution < -0.4 is 0 Å². The molecular weight excluding hydrogens is 208 g/mol. The van der Waals surface area contributed by atoms with Crippen LogP contribution in [0.1, 0.15) is 47.0 Å². The van der Waals surface area contributed by atoms with Crippen molar-refractivity contribution in [2.75, 3.05) is 0 Å². The summed E-state index contributed by atoms with van der Waals surface area (Å²) in [5.74, 6) is -1.98. The second kappa shape index (κ2) is 5.77. The van der Waals surface area contributed by atoms with Crippen molar-refractivity contribution >= 4 is 17.5 Å². The van der Waals surface area contributed by atoms with Crippen LogP contribution in [-0.2, 0) is 14.4 Å². The summed E-state index contributed by atoms with van der Waals surface area (Å²) in [6, 6.07) is 0. The molecule has 4 nitrogen and oxygen atoms in total. The summed E-state index contributed by atoms with van der Waals surface area (Å²) in [6.45, 7) is 6.44. The lowest BCUT2D eigenvalue weighted by Gasteiger charge is -2.18. The summed E-state index contributed by atoms with van der Waals surface area (Å²) in [4.78, 5) is 34.1. The zero-order chi connectivity index (χ0) is 12.9. The number of aliphatic carboxylic acids is 1. The van der Waals surface area contributed by atoms with Crippen molar-refractivity contribution in [2.45, 2.75) is 47.0 Å². The van der Waals surface area contributed by atoms with Gasteiger partial charge in [0.2, 0.25) is 0 Å². The van der Waals surface area contributed by atoms with Crippen LogP contribution in [0.15, 0.2) is 0 Å². The van der Waals surface area contributed by atoms with Crippen LogP contribution in [0.5, 0.6) is 0 Å². The first-order valence-electron chi connectivity index (χ1n) is 5.56. The van der Waals surface area contributed by atoms with E-state index in [1.807, 2.05) is 13.8 Å². The Labute approximate surface area is 96.0 Å². The number of Topliss-reactive ketones (excluding diaryl/α,β-unsaturated/α-hetero) is 2. The van der Waals surface area contributed by atoms with E-state index in [1.54, 1.807) is 0 Å². The molecule has 0 aliphatic rings. The van der Waals surface area contributed by atoms with Crippen LogP contribution in [0.2, 0.25) is 0 Å². The van der Waals surface area contributed by atoms with Gasteiger partial charge in [-0.25, -0.2) is 0 Å². The Hall–Kier alpha value is -1.19. The van der Waals surface area contributed by atoms with Gasteiger partial charge < -0.3 is 5.11 Å².